The summed E-state index contributed by atoms with van der Waals surface area (Å²) in [6.45, 7) is 15.2. The maximum atomic E-state index is 13.5. The predicted octanol–water partition coefficient (Wildman–Crippen LogP) is 6.57. The maximum absolute atomic E-state index is 13.5. The first-order valence-corrected chi connectivity index (χ1v) is 10.1. The Bertz CT molecular complexity index is 597. The van der Waals surface area contributed by atoms with Gasteiger partial charge in [-0.15, -0.1) is 0 Å². The average Bonchev–Trinajstić information content (AvgIpc) is 2.93. The molecule has 2 heteroatoms. The summed E-state index contributed by atoms with van der Waals surface area (Å²) in [5.41, 5.74) is 0.351. The monoisotopic (exact) mass is 358 g/mol. The Labute approximate surface area is 160 Å². The van der Waals surface area contributed by atoms with Crippen LogP contribution in [0.15, 0.2) is 30.3 Å². The molecule has 1 aromatic rings. The fraction of sp³-hybridized carbons (Fsp3) is 0.708. The molecule has 1 aromatic carbocycles. The molecule has 0 saturated heterocycles. The van der Waals surface area contributed by atoms with Crippen LogP contribution in [0.1, 0.15) is 86.1 Å². The molecule has 1 aliphatic rings. The van der Waals surface area contributed by atoms with E-state index in [1.165, 1.54) is 5.56 Å². The minimum Gasteiger partial charge on any atom is -0.458 e. The number of rotatable bonds is 5. The van der Waals surface area contributed by atoms with Gasteiger partial charge < -0.3 is 4.74 Å². The summed E-state index contributed by atoms with van der Waals surface area (Å²) in [6.07, 6.45) is 5.89. The van der Waals surface area contributed by atoms with Crippen LogP contribution in [-0.2, 0) is 16.0 Å². The highest BCUT2D eigenvalue weighted by atomic mass is 16.6. The lowest BCUT2D eigenvalue weighted by molar-refractivity contribution is -0.181. The Morgan fingerprint density at radius 1 is 0.962 bits per heavy atom. The quantitative estimate of drug-likeness (QED) is 0.556. The Hall–Kier alpha value is -1.31. The van der Waals surface area contributed by atoms with Crippen LogP contribution in [0.3, 0.4) is 0 Å². The Kier molecular flexibility index (Phi) is 5.95. The van der Waals surface area contributed by atoms with Crippen LogP contribution in [0, 0.1) is 16.2 Å². The zero-order valence-corrected chi connectivity index (χ0v) is 17.9. The van der Waals surface area contributed by atoms with E-state index in [2.05, 4.69) is 72.7 Å². The van der Waals surface area contributed by atoms with E-state index in [4.69, 9.17) is 4.74 Å². The number of esters is 1. The second-order valence-electron chi connectivity index (χ2n) is 10.8. The van der Waals surface area contributed by atoms with Gasteiger partial charge in [0.05, 0.1) is 5.41 Å². The average molecular weight is 359 g/mol. The lowest BCUT2D eigenvalue weighted by Gasteiger charge is -2.45. The van der Waals surface area contributed by atoms with Crippen LogP contribution >= 0.6 is 0 Å². The van der Waals surface area contributed by atoms with Gasteiger partial charge in [0.1, 0.15) is 5.60 Å². The summed E-state index contributed by atoms with van der Waals surface area (Å²) < 4.78 is 6.40. The van der Waals surface area contributed by atoms with E-state index in [-0.39, 0.29) is 22.4 Å². The molecule has 26 heavy (non-hydrogen) atoms. The molecule has 2 nitrogen and oxygen atoms in total. The first kappa shape index (κ1) is 21.0. The molecule has 1 saturated carbocycles. The predicted molar refractivity (Wildman–Crippen MR) is 109 cm³/mol. The van der Waals surface area contributed by atoms with Crippen LogP contribution in [-0.4, -0.2) is 11.6 Å². The first-order chi connectivity index (χ1) is 11.9. The molecule has 1 aliphatic carbocycles. The van der Waals surface area contributed by atoms with Crippen molar-refractivity contribution in [1.82, 2.24) is 0 Å². The lowest BCUT2D eigenvalue weighted by atomic mass is 9.61. The SMILES string of the molecule is CC(C)(C)CC(C)(C(=O)OC1(Cc2ccccc2)CCCC1)C(C)(C)C. The van der Waals surface area contributed by atoms with Gasteiger partial charge in [-0.2, -0.15) is 0 Å². The minimum absolute atomic E-state index is 0.0160. The third kappa shape index (κ3) is 4.90. The van der Waals surface area contributed by atoms with E-state index in [0.717, 1.165) is 38.5 Å². The van der Waals surface area contributed by atoms with Crippen LogP contribution in [0.4, 0.5) is 0 Å². The van der Waals surface area contributed by atoms with Gasteiger partial charge in [0.25, 0.3) is 0 Å². The highest BCUT2D eigenvalue weighted by Gasteiger charge is 2.50. The van der Waals surface area contributed by atoms with Crippen molar-refractivity contribution in [2.24, 2.45) is 16.2 Å². The van der Waals surface area contributed by atoms with Crippen molar-refractivity contribution in [3.63, 3.8) is 0 Å². The Balaban J connectivity index is 2.27. The molecule has 0 N–H and O–H groups in total. The maximum Gasteiger partial charge on any atom is 0.312 e. The van der Waals surface area contributed by atoms with E-state index in [9.17, 15) is 4.79 Å². The van der Waals surface area contributed by atoms with Gasteiger partial charge in [0, 0.05) is 6.42 Å². The van der Waals surface area contributed by atoms with E-state index in [0.29, 0.717) is 0 Å². The van der Waals surface area contributed by atoms with Crippen molar-refractivity contribution in [3.05, 3.63) is 35.9 Å². The van der Waals surface area contributed by atoms with Gasteiger partial charge in [-0.05, 0) is 55.4 Å². The summed E-state index contributed by atoms with van der Waals surface area (Å²) >= 11 is 0. The topological polar surface area (TPSA) is 26.3 Å². The first-order valence-electron chi connectivity index (χ1n) is 10.1. The van der Waals surface area contributed by atoms with Gasteiger partial charge in [-0.25, -0.2) is 0 Å². The van der Waals surface area contributed by atoms with Gasteiger partial charge in [-0.1, -0.05) is 71.9 Å². The van der Waals surface area contributed by atoms with Crippen molar-refractivity contribution in [1.29, 1.82) is 0 Å². The number of carbonyl (C=O) groups is 1. The minimum atomic E-state index is -0.502. The molecule has 1 atom stereocenters. The number of carbonyl (C=O) groups excluding carboxylic acids is 1. The highest BCUT2D eigenvalue weighted by molar-refractivity contribution is 5.78. The van der Waals surface area contributed by atoms with Gasteiger partial charge in [0.2, 0.25) is 0 Å². The number of hydrogen-bond acceptors (Lipinski definition) is 2. The Morgan fingerprint density at radius 2 is 1.50 bits per heavy atom. The van der Waals surface area contributed by atoms with E-state index >= 15 is 0 Å². The molecule has 0 heterocycles. The van der Waals surface area contributed by atoms with Gasteiger partial charge >= 0.3 is 5.97 Å². The molecular formula is C24H38O2. The third-order valence-corrected chi connectivity index (χ3v) is 6.18. The summed E-state index contributed by atoms with van der Waals surface area (Å²) in [7, 11) is 0. The van der Waals surface area contributed by atoms with Gasteiger partial charge in [0.15, 0.2) is 0 Å². The molecule has 0 aliphatic heterocycles. The lowest BCUT2D eigenvalue weighted by Crippen LogP contribution is -2.48. The fourth-order valence-electron chi connectivity index (χ4n) is 4.32. The van der Waals surface area contributed by atoms with Crippen molar-refractivity contribution < 1.29 is 9.53 Å². The van der Waals surface area contributed by atoms with Crippen LogP contribution in [0.2, 0.25) is 0 Å². The molecule has 2 rings (SSSR count). The number of ether oxygens (including phenoxy) is 1. The summed E-state index contributed by atoms with van der Waals surface area (Å²) in [4.78, 5) is 13.5. The number of hydrogen-bond donors (Lipinski definition) is 0. The molecule has 0 bridgehead atoms. The Morgan fingerprint density at radius 3 is 1.96 bits per heavy atom. The van der Waals surface area contributed by atoms with Crippen LogP contribution in [0.5, 0.6) is 0 Å². The van der Waals surface area contributed by atoms with Gasteiger partial charge in [-0.3, -0.25) is 4.79 Å². The second kappa shape index (κ2) is 7.37. The van der Waals surface area contributed by atoms with Crippen molar-refractivity contribution in [2.45, 2.75) is 92.6 Å². The molecule has 146 valence electrons. The standard InChI is InChI=1S/C24H38O2/c1-21(2,3)18-23(7,22(4,5)6)20(25)26-24(15-11-12-16-24)17-19-13-9-8-10-14-19/h8-10,13-14H,11-12,15-18H2,1-7H3. The van der Waals surface area contributed by atoms with E-state index in [1.807, 2.05) is 6.07 Å². The van der Waals surface area contributed by atoms with E-state index in [1.54, 1.807) is 0 Å². The molecular weight excluding hydrogens is 320 g/mol. The largest absolute Gasteiger partial charge is 0.458 e. The molecule has 0 radical (unpaired) electrons. The molecule has 0 aromatic heterocycles. The fourth-order valence-corrected chi connectivity index (χ4v) is 4.32. The van der Waals surface area contributed by atoms with Crippen molar-refractivity contribution in [3.8, 4) is 0 Å². The molecule has 0 spiro atoms. The zero-order valence-electron chi connectivity index (χ0n) is 17.9. The molecule has 0 amide bonds. The number of benzene rings is 1. The summed E-state index contributed by atoms with van der Waals surface area (Å²) in [6, 6.07) is 10.5. The van der Waals surface area contributed by atoms with Crippen molar-refractivity contribution >= 4 is 5.97 Å². The zero-order chi connectivity index (χ0) is 19.6. The molecule has 1 unspecified atom stereocenters. The smallest absolute Gasteiger partial charge is 0.312 e. The van der Waals surface area contributed by atoms with Crippen molar-refractivity contribution in [2.75, 3.05) is 0 Å². The normalized spacial score (nSPS) is 19.8. The third-order valence-electron chi connectivity index (χ3n) is 6.18. The highest BCUT2D eigenvalue weighted by Crippen LogP contribution is 2.49. The van der Waals surface area contributed by atoms with Crippen LogP contribution < -0.4 is 0 Å². The summed E-state index contributed by atoms with van der Waals surface area (Å²) in [5.74, 6) is -0.0160. The van der Waals surface area contributed by atoms with Crippen LogP contribution in [0.25, 0.3) is 0 Å². The molecule has 1 fully saturated rings. The van der Waals surface area contributed by atoms with E-state index < -0.39 is 5.41 Å². The second-order valence-corrected chi connectivity index (χ2v) is 10.8. The summed E-state index contributed by atoms with van der Waals surface area (Å²) in [5, 5.41) is 0.